The first-order valence-corrected chi connectivity index (χ1v) is 4.90. The van der Waals surface area contributed by atoms with Crippen molar-refractivity contribution in [2.75, 3.05) is 12.8 Å². The highest BCUT2D eigenvalue weighted by molar-refractivity contribution is 5.73. The second-order valence-corrected chi connectivity index (χ2v) is 3.38. The maximum Gasteiger partial charge on any atom is 0.417 e. The van der Waals surface area contributed by atoms with Gasteiger partial charge in [0.25, 0.3) is 0 Å². The number of anilines is 1. The fraction of sp³-hybridized carbons (Fsp3) is 0.273. The number of nitrogen functional groups attached to an aromatic ring is 1. The third kappa shape index (κ3) is 3.76. The Labute approximate surface area is 101 Å². The highest BCUT2D eigenvalue weighted by atomic mass is 19.4. The molecule has 4 nitrogen and oxygen atoms in total. The lowest BCUT2D eigenvalue weighted by molar-refractivity contribution is -0.139. The van der Waals surface area contributed by atoms with Crippen molar-refractivity contribution in [1.29, 1.82) is 0 Å². The molecule has 0 bridgehead atoms. The number of hydrogen-bond acceptors (Lipinski definition) is 4. The number of pyridine rings is 1. The van der Waals surface area contributed by atoms with E-state index in [1.54, 1.807) is 0 Å². The number of aromatic nitrogens is 1. The van der Waals surface area contributed by atoms with Gasteiger partial charge in [-0.05, 0) is 6.07 Å². The smallest absolute Gasteiger partial charge is 0.417 e. The van der Waals surface area contributed by atoms with E-state index in [9.17, 15) is 18.0 Å². The van der Waals surface area contributed by atoms with E-state index in [1.165, 1.54) is 19.3 Å². The van der Waals surface area contributed by atoms with Crippen LogP contribution in [-0.2, 0) is 15.7 Å². The summed E-state index contributed by atoms with van der Waals surface area (Å²) in [5, 5.41) is 0. The molecule has 2 N–H and O–H groups in total. The molecule has 1 rings (SSSR count). The van der Waals surface area contributed by atoms with Gasteiger partial charge in [-0.25, -0.2) is 4.98 Å². The van der Waals surface area contributed by atoms with Crippen molar-refractivity contribution in [2.45, 2.75) is 12.6 Å². The van der Waals surface area contributed by atoms with Crippen molar-refractivity contribution in [1.82, 2.24) is 4.98 Å². The minimum absolute atomic E-state index is 0.0379. The summed E-state index contributed by atoms with van der Waals surface area (Å²) in [6.07, 6.45) is -1.21. The highest BCUT2D eigenvalue weighted by Gasteiger charge is 2.31. The quantitative estimate of drug-likeness (QED) is 0.846. The summed E-state index contributed by atoms with van der Waals surface area (Å²) in [5.41, 5.74) is 4.65. The van der Waals surface area contributed by atoms with Crippen LogP contribution in [0, 0.1) is 0 Å². The summed E-state index contributed by atoms with van der Waals surface area (Å²) < 4.78 is 41.7. The molecule has 0 aliphatic rings. The number of ether oxygens (including phenoxy) is 1. The van der Waals surface area contributed by atoms with E-state index in [4.69, 9.17) is 5.73 Å². The van der Waals surface area contributed by atoms with Crippen LogP contribution in [0.3, 0.4) is 0 Å². The normalized spacial score (nSPS) is 11.8. The fourth-order valence-electron chi connectivity index (χ4n) is 1.15. The summed E-state index contributed by atoms with van der Waals surface area (Å²) in [4.78, 5) is 14.3. The molecule has 0 atom stereocenters. The number of hydrogen-bond donors (Lipinski definition) is 1. The van der Waals surface area contributed by atoms with Crippen molar-refractivity contribution >= 4 is 17.9 Å². The molecule has 98 valence electrons. The van der Waals surface area contributed by atoms with Crippen LogP contribution in [0.1, 0.15) is 17.5 Å². The monoisotopic (exact) mass is 260 g/mol. The molecule has 0 unspecified atom stereocenters. The Hall–Kier alpha value is -2.05. The van der Waals surface area contributed by atoms with E-state index in [1.807, 2.05) is 0 Å². The van der Waals surface area contributed by atoms with Crippen molar-refractivity contribution in [3.63, 3.8) is 0 Å². The number of esters is 1. The van der Waals surface area contributed by atoms with Crippen LogP contribution in [0.4, 0.5) is 19.0 Å². The van der Waals surface area contributed by atoms with Gasteiger partial charge in [-0.15, -0.1) is 0 Å². The number of nitrogens with zero attached hydrogens (tertiary/aromatic N) is 1. The average molecular weight is 260 g/mol. The average Bonchev–Trinajstić information content (AvgIpc) is 2.29. The van der Waals surface area contributed by atoms with Gasteiger partial charge in [-0.3, -0.25) is 4.79 Å². The minimum Gasteiger partial charge on any atom is -0.469 e. The minimum atomic E-state index is -4.48. The van der Waals surface area contributed by atoms with Crippen LogP contribution < -0.4 is 5.73 Å². The van der Waals surface area contributed by atoms with E-state index < -0.39 is 17.7 Å². The number of nitrogens with two attached hydrogens (primary N) is 1. The van der Waals surface area contributed by atoms with Gasteiger partial charge in [0.15, 0.2) is 0 Å². The zero-order valence-electron chi connectivity index (χ0n) is 9.49. The van der Waals surface area contributed by atoms with E-state index in [-0.39, 0.29) is 17.8 Å². The van der Waals surface area contributed by atoms with Crippen LogP contribution >= 0.6 is 0 Å². The standard InChI is InChI=1S/C11H11F3N2O2/c1-18-9(17)4-2-3-7-5-8(11(12,13)14)6-16-10(7)15/h2-3,5-6H,4H2,1H3,(H2,15,16). The van der Waals surface area contributed by atoms with Gasteiger partial charge < -0.3 is 10.5 Å². The summed E-state index contributed by atoms with van der Waals surface area (Å²) in [6, 6.07) is 0.871. The molecule has 0 fully saturated rings. The molecule has 1 aromatic rings. The lowest BCUT2D eigenvalue weighted by Crippen LogP contribution is -2.07. The summed E-state index contributed by atoms with van der Waals surface area (Å²) >= 11 is 0. The molecule has 0 spiro atoms. The largest absolute Gasteiger partial charge is 0.469 e. The van der Waals surface area contributed by atoms with Gasteiger partial charge in [-0.2, -0.15) is 13.2 Å². The molecule has 0 saturated carbocycles. The van der Waals surface area contributed by atoms with Crippen molar-refractivity contribution < 1.29 is 22.7 Å². The summed E-state index contributed by atoms with van der Waals surface area (Å²) in [7, 11) is 1.22. The van der Waals surface area contributed by atoms with E-state index in [0.717, 1.165) is 6.07 Å². The molecule has 1 heterocycles. The van der Waals surface area contributed by atoms with Crippen molar-refractivity contribution in [2.24, 2.45) is 0 Å². The Kier molecular flexibility index (Phi) is 4.30. The number of carbonyl (C=O) groups excluding carboxylic acids is 1. The third-order valence-electron chi connectivity index (χ3n) is 2.09. The Morgan fingerprint density at radius 2 is 2.22 bits per heavy atom. The predicted molar refractivity (Wildman–Crippen MR) is 59.3 cm³/mol. The second-order valence-electron chi connectivity index (χ2n) is 3.38. The van der Waals surface area contributed by atoms with Crippen LogP contribution in [-0.4, -0.2) is 18.1 Å². The van der Waals surface area contributed by atoms with Crippen molar-refractivity contribution in [3.8, 4) is 0 Å². The fourth-order valence-corrected chi connectivity index (χ4v) is 1.15. The van der Waals surface area contributed by atoms with Gasteiger partial charge in [0.05, 0.1) is 19.1 Å². The van der Waals surface area contributed by atoms with E-state index >= 15 is 0 Å². The first-order valence-electron chi connectivity index (χ1n) is 4.90. The van der Waals surface area contributed by atoms with Crippen LogP contribution in [0.2, 0.25) is 0 Å². The number of carbonyl (C=O) groups is 1. The molecular weight excluding hydrogens is 249 g/mol. The zero-order chi connectivity index (χ0) is 13.8. The maximum atomic E-state index is 12.4. The topological polar surface area (TPSA) is 65.2 Å². The lowest BCUT2D eigenvalue weighted by Gasteiger charge is -2.07. The molecule has 0 aliphatic carbocycles. The Bertz CT molecular complexity index is 470. The Balaban J connectivity index is 2.91. The lowest BCUT2D eigenvalue weighted by atomic mass is 10.1. The number of methoxy groups -OCH3 is 1. The number of halogens is 3. The first kappa shape index (κ1) is 14.0. The molecule has 0 saturated heterocycles. The summed E-state index contributed by atoms with van der Waals surface area (Å²) in [5.74, 6) is -0.533. The first-order chi connectivity index (χ1) is 8.34. The molecule has 7 heteroatoms. The molecule has 18 heavy (non-hydrogen) atoms. The molecule has 0 aliphatic heterocycles. The van der Waals surface area contributed by atoms with Gasteiger partial charge >= 0.3 is 12.1 Å². The number of rotatable bonds is 3. The van der Waals surface area contributed by atoms with Gasteiger partial charge in [0.2, 0.25) is 0 Å². The Morgan fingerprint density at radius 3 is 2.78 bits per heavy atom. The van der Waals surface area contributed by atoms with Crippen LogP contribution in [0.15, 0.2) is 18.3 Å². The Morgan fingerprint density at radius 1 is 1.56 bits per heavy atom. The van der Waals surface area contributed by atoms with Crippen LogP contribution in [0.5, 0.6) is 0 Å². The van der Waals surface area contributed by atoms with E-state index in [0.29, 0.717) is 6.20 Å². The zero-order valence-corrected chi connectivity index (χ0v) is 9.49. The van der Waals surface area contributed by atoms with Gasteiger partial charge in [0.1, 0.15) is 5.82 Å². The predicted octanol–water partition coefficient (Wildman–Crippen LogP) is 2.26. The third-order valence-corrected chi connectivity index (χ3v) is 2.09. The molecule has 0 aromatic carbocycles. The summed E-state index contributed by atoms with van der Waals surface area (Å²) in [6.45, 7) is 0. The second kappa shape index (κ2) is 5.52. The SMILES string of the molecule is COC(=O)CC=Cc1cc(C(F)(F)F)cnc1N. The van der Waals surface area contributed by atoms with Gasteiger partial charge in [0, 0.05) is 11.8 Å². The van der Waals surface area contributed by atoms with Gasteiger partial charge in [-0.1, -0.05) is 12.2 Å². The molecular formula is C11H11F3N2O2. The van der Waals surface area contributed by atoms with Crippen LogP contribution in [0.25, 0.3) is 6.08 Å². The van der Waals surface area contributed by atoms with E-state index in [2.05, 4.69) is 9.72 Å². The highest BCUT2D eigenvalue weighted by Crippen LogP contribution is 2.30. The molecule has 0 amide bonds. The molecule has 1 aromatic heterocycles. The van der Waals surface area contributed by atoms with Crippen molar-refractivity contribution in [3.05, 3.63) is 29.5 Å². The molecule has 0 radical (unpaired) electrons. The number of alkyl halides is 3. The maximum absolute atomic E-state index is 12.4.